The van der Waals surface area contributed by atoms with Crippen molar-refractivity contribution < 1.29 is 9.90 Å². The molecule has 14 heavy (non-hydrogen) atoms. The van der Waals surface area contributed by atoms with Gasteiger partial charge in [0.25, 0.3) is 0 Å². The average Bonchev–Trinajstić information content (AvgIpc) is 2.15. The number of amides is 1. The first-order valence-corrected chi connectivity index (χ1v) is 4.42. The Kier molecular flexibility index (Phi) is 3.48. The molecule has 3 N–H and O–H groups in total. The van der Waals surface area contributed by atoms with Gasteiger partial charge in [0.1, 0.15) is 5.75 Å². The second-order valence-electron chi connectivity index (χ2n) is 2.98. The molecule has 4 heteroatoms. The highest BCUT2D eigenvalue weighted by Crippen LogP contribution is 2.17. The van der Waals surface area contributed by atoms with Gasteiger partial charge in [0, 0.05) is 25.7 Å². The average molecular weight is 194 g/mol. The molecule has 0 radical (unpaired) electrons. The Labute approximate surface area is 82.9 Å². The Morgan fingerprint density at radius 1 is 1.43 bits per heavy atom. The molecule has 1 rings (SSSR count). The highest BCUT2D eigenvalue weighted by atomic mass is 16.3. The molecule has 0 heterocycles. The molecule has 0 saturated heterocycles. The van der Waals surface area contributed by atoms with E-state index in [-0.39, 0.29) is 11.7 Å². The summed E-state index contributed by atoms with van der Waals surface area (Å²) in [7, 11) is 0. The maximum atomic E-state index is 11.2. The van der Waals surface area contributed by atoms with Crippen LogP contribution in [-0.2, 0) is 4.79 Å². The summed E-state index contributed by atoms with van der Waals surface area (Å²) >= 11 is 0. The van der Waals surface area contributed by atoms with Gasteiger partial charge in [-0.05, 0) is 24.3 Å². The maximum Gasteiger partial charge on any atom is 0.223 e. The zero-order chi connectivity index (χ0) is 10.6. The molecule has 0 fully saturated rings. The molecule has 0 aliphatic heterocycles. The summed E-state index contributed by atoms with van der Waals surface area (Å²) in [5.74, 6) is 0.131. The molecule has 0 aliphatic carbocycles. The Morgan fingerprint density at radius 2 is 2.00 bits per heavy atom. The van der Waals surface area contributed by atoms with Crippen LogP contribution in [0.1, 0.15) is 6.92 Å². The Hall–Kier alpha value is -1.55. The van der Waals surface area contributed by atoms with Gasteiger partial charge in [0.15, 0.2) is 0 Å². The molecule has 0 aromatic heterocycles. The van der Waals surface area contributed by atoms with Crippen molar-refractivity contribution in [1.29, 1.82) is 0 Å². The van der Waals surface area contributed by atoms with Crippen molar-refractivity contribution in [2.75, 3.05) is 18.0 Å². The summed E-state index contributed by atoms with van der Waals surface area (Å²) in [5, 5.41) is 9.08. The fraction of sp³-hybridized carbons (Fsp3) is 0.300. The van der Waals surface area contributed by atoms with Crippen molar-refractivity contribution in [3.8, 4) is 5.75 Å². The number of rotatable bonds is 3. The molecule has 0 bridgehead atoms. The standard InChI is InChI=1S/C10H14N2O2/c1-8(13)12(7-6-11)9-2-4-10(14)5-3-9/h2-5,14H,6-7,11H2,1H3. The zero-order valence-corrected chi connectivity index (χ0v) is 8.10. The van der Waals surface area contributed by atoms with Gasteiger partial charge in [-0.15, -0.1) is 0 Å². The molecular formula is C10H14N2O2. The number of nitrogens with two attached hydrogens (primary N) is 1. The third-order valence-electron chi connectivity index (χ3n) is 1.89. The van der Waals surface area contributed by atoms with Crippen LogP contribution in [0.4, 0.5) is 5.69 Å². The molecule has 4 nitrogen and oxygen atoms in total. The van der Waals surface area contributed by atoms with E-state index < -0.39 is 0 Å². The minimum atomic E-state index is -0.0545. The number of hydrogen-bond acceptors (Lipinski definition) is 3. The lowest BCUT2D eigenvalue weighted by Crippen LogP contribution is -2.33. The van der Waals surface area contributed by atoms with Crippen LogP contribution < -0.4 is 10.6 Å². The van der Waals surface area contributed by atoms with Gasteiger partial charge in [0.05, 0.1) is 0 Å². The smallest absolute Gasteiger partial charge is 0.223 e. The van der Waals surface area contributed by atoms with Gasteiger partial charge >= 0.3 is 0 Å². The molecular weight excluding hydrogens is 180 g/mol. The predicted molar refractivity (Wildman–Crippen MR) is 55.2 cm³/mol. The number of phenolic OH excluding ortho intramolecular Hbond substituents is 1. The summed E-state index contributed by atoms with van der Waals surface area (Å²) in [6.45, 7) is 2.39. The number of aromatic hydroxyl groups is 1. The number of hydrogen-bond donors (Lipinski definition) is 2. The molecule has 1 aromatic carbocycles. The molecule has 0 spiro atoms. The lowest BCUT2D eigenvalue weighted by atomic mass is 10.2. The van der Waals surface area contributed by atoms with Gasteiger partial charge < -0.3 is 15.7 Å². The first kappa shape index (κ1) is 10.5. The number of nitrogens with zero attached hydrogens (tertiary/aromatic N) is 1. The quantitative estimate of drug-likeness (QED) is 0.744. The molecule has 0 unspecified atom stereocenters. The number of phenols is 1. The van der Waals surface area contributed by atoms with Crippen LogP contribution in [0, 0.1) is 0 Å². The van der Waals surface area contributed by atoms with E-state index in [9.17, 15) is 4.79 Å². The van der Waals surface area contributed by atoms with Crippen molar-refractivity contribution >= 4 is 11.6 Å². The summed E-state index contributed by atoms with van der Waals surface area (Å²) in [4.78, 5) is 12.8. The van der Waals surface area contributed by atoms with E-state index in [0.29, 0.717) is 13.1 Å². The molecule has 0 atom stereocenters. The van der Waals surface area contributed by atoms with Crippen LogP contribution in [0.5, 0.6) is 5.75 Å². The highest BCUT2D eigenvalue weighted by molar-refractivity contribution is 5.91. The maximum absolute atomic E-state index is 11.2. The lowest BCUT2D eigenvalue weighted by Gasteiger charge is -2.20. The molecule has 76 valence electrons. The van der Waals surface area contributed by atoms with Crippen molar-refractivity contribution in [2.45, 2.75) is 6.92 Å². The van der Waals surface area contributed by atoms with Crippen molar-refractivity contribution in [3.63, 3.8) is 0 Å². The molecule has 0 aliphatic rings. The second-order valence-corrected chi connectivity index (χ2v) is 2.98. The predicted octanol–water partition coefficient (Wildman–Crippen LogP) is 0.704. The van der Waals surface area contributed by atoms with Crippen LogP contribution in [0.25, 0.3) is 0 Å². The molecule has 1 aromatic rings. The van der Waals surface area contributed by atoms with E-state index in [1.807, 2.05) is 0 Å². The van der Waals surface area contributed by atoms with Gasteiger partial charge in [-0.3, -0.25) is 4.79 Å². The van der Waals surface area contributed by atoms with E-state index in [2.05, 4.69) is 0 Å². The SMILES string of the molecule is CC(=O)N(CCN)c1ccc(O)cc1. The van der Waals surface area contributed by atoms with Crippen LogP contribution in [-0.4, -0.2) is 24.1 Å². The van der Waals surface area contributed by atoms with Crippen molar-refractivity contribution in [1.82, 2.24) is 0 Å². The van der Waals surface area contributed by atoms with Crippen molar-refractivity contribution in [3.05, 3.63) is 24.3 Å². The molecule has 0 saturated carbocycles. The third kappa shape index (κ3) is 2.47. The van der Waals surface area contributed by atoms with Crippen LogP contribution in [0.15, 0.2) is 24.3 Å². The first-order valence-electron chi connectivity index (χ1n) is 4.42. The van der Waals surface area contributed by atoms with Gasteiger partial charge in [-0.1, -0.05) is 0 Å². The van der Waals surface area contributed by atoms with Crippen molar-refractivity contribution in [2.24, 2.45) is 5.73 Å². The first-order chi connectivity index (χ1) is 6.65. The Bertz CT molecular complexity index is 308. The molecule has 1 amide bonds. The normalized spacial score (nSPS) is 9.86. The summed E-state index contributed by atoms with van der Waals surface area (Å²) < 4.78 is 0. The number of carbonyl (C=O) groups is 1. The largest absolute Gasteiger partial charge is 0.508 e. The number of benzene rings is 1. The second kappa shape index (κ2) is 4.62. The highest BCUT2D eigenvalue weighted by Gasteiger charge is 2.09. The van der Waals surface area contributed by atoms with Crippen LogP contribution >= 0.6 is 0 Å². The van der Waals surface area contributed by atoms with Crippen LogP contribution in [0.3, 0.4) is 0 Å². The minimum absolute atomic E-state index is 0.0545. The zero-order valence-electron chi connectivity index (χ0n) is 8.10. The third-order valence-corrected chi connectivity index (χ3v) is 1.89. The minimum Gasteiger partial charge on any atom is -0.508 e. The van der Waals surface area contributed by atoms with Crippen LogP contribution in [0.2, 0.25) is 0 Å². The summed E-state index contributed by atoms with van der Waals surface area (Å²) in [5.41, 5.74) is 6.14. The lowest BCUT2D eigenvalue weighted by molar-refractivity contribution is -0.116. The number of anilines is 1. The summed E-state index contributed by atoms with van der Waals surface area (Å²) in [6.07, 6.45) is 0. The van der Waals surface area contributed by atoms with E-state index >= 15 is 0 Å². The number of carbonyl (C=O) groups excluding carboxylic acids is 1. The fourth-order valence-electron chi connectivity index (χ4n) is 1.23. The Balaban J connectivity index is 2.87. The Morgan fingerprint density at radius 3 is 2.43 bits per heavy atom. The summed E-state index contributed by atoms with van der Waals surface area (Å²) in [6, 6.07) is 6.46. The van der Waals surface area contributed by atoms with E-state index in [1.54, 1.807) is 29.2 Å². The van der Waals surface area contributed by atoms with Gasteiger partial charge in [0.2, 0.25) is 5.91 Å². The fourth-order valence-corrected chi connectivity index (χ4v) is 1.23. The van der Waals surface area contributed by atoms with E-state index in [1.165, 1.54) is 6.92 Å². The topological polar surface area (TPSA) is 66.6 Å². The monoisotopic (exact) mass is 194 g/mol. The van der Waals surface area contributed by atoms with E-state index in [4.69, 9.17) is 10.8 Å². The van der Waals surface area contributed by atoms with Gasteiger partial charge in [-0.2, -0.15) is 0 Å². The van der Waals surface area contributed by atoms with Gasteiger partial charge in [-0.25, -0.2) is 0 Å². The van der Waals surface area contributed by atoms with E-state index in [0.717, 1.165) is 5.69 Å².